The SMILES string of the molecule is CN1CCCC(N(C)CC2(CO)CCCOC2)C1. The number of rotatable bonds is 4. The second-order valence-electron chi connectivity index (χ2n) is 6.29. The molecule has 18 heavy (non-hydrogen) atoms. The van der Waals surface area contributed by atoms with E-state index in [4.69, 9.17) is 4.74 Å². The maximum atomic E-state index is 9.72. The minimum absolute atomic E-state index is 0.0248. The summed E-state index contributed by atoms with van der Waals surface area (Å²) in [5, 5.41) is 9.72. The predicted molar refractivity (Wildman–Crippen MR) is 72.7 cm³/mol. The molecule has 4 heteroatoms. The van der Waals surface area contributed by atoms with Crippen molar-refractivity contribution in [3.05, 3.63) is 0 Å². The molecular weight excluding hydrogens is 228 g/mol. The summed E-state index contributed by atoms with van der Waals surface area (Å²) in [6.45, 7) is 5.16. The molecule has 0 saturated carbocycles. The second kappa shape index (κ2) is 6.33. The van der Waals surface area contributed by atoms with Gasteiger partial charge in [0.05, 0.1) is 13.2 Å². The Morgan fingerprint density at radius 3 is 2.89 bits per heavy atom. The number of hydrogen-bond acceptors (Lipinski definition) is 4. The zero-order valence-electron chi connectivity index (χ0n) is 11.9. The molecule has 0 radical (unpaired) electrons. The molecule has 0 aromatic rings. The maximum absolute atomic E-state index is 9.72. The predicted octanol–water partition coefficient (Wildman–Crippen LogP) is 0.802. The fraction of sp³-hybridized carbons (Fsp3) is 1.00. The molecule has 0 aromatic carbocycles. The Morgan fingerprint density at radius 1 is 1.44 bits per heavy atom. The van der Waals surface area contributed by atoms with Crippen molar-refractivity contribution in [1.29, 1.82) is 0 Å². The highest BCUT2D eigenvalue weighted by Gasteiger charge is 2.35. The van der Waals surface area contributed by atoms with Gasteiger partial charge in [-0.05, 0) is 46.3 Å². The summed E-state index contributed by atoms with van der Waals surface area (Å²) in [5.74, 6) is 0. The van der Waals surface area contributed by atoms with Gasteiger partial charge in [0.2, 0.25) is 0 Å². The number of ether oxygens (including phenoxy) is 1. The Morgan fingerprint density at radius 2 is 2.28 bits per heavy atom. The summed E-state index contributed by atoms with van der Waals surface area (Å²) < 4.78 is 5.59. The molecule has 2 unspecified atom stereocenters. The van der Waals surface area contributed by atoms with Gasteiger partial charge in [-0.2, -0.15) is 0 Å². The van der Waals surface area contributed by atoms with E-state index in [1.165, 1.54) is 19.4 Å². The number of aliphatic hydroxyl groups is 1. The van der Waals surface area contributed by atoms with Crippen molar-refractivity contribution in [3.8, 4) is 0 Å². The number of piperidine rings is 1. The van der Waals surface area contributed by atoms with E-state index in [1.807, 2.05) is 0 Å². The standard InChI is InChI=1S/C14H28N2O2/c1-15-7-3-5-13(9-15)16(2)10-14(11-17)6-4-8-18-12-14/h13,17H,3-12H2,1-2H3. The maximum Gasteiger partial charge on any atom is 0.0556 e. The number of likely N-dealkylation sites (tertiary alicyclic amines) is 1. The highest BCUT2D eigenvalue weighted by molar-refractivity contribution is 4.87. The molecule has 2 aliphatic rings. The molecule has 0 amide bonds. The van der Waals surface area contributed by atoms with Gasteiger partial charge in [-0.15, -0.1) is 0 Å². The summed E-state index contributed by atoms with van der Waals surface area (Å²) in [5.41, 5.74) is -0.0248. The zero-order valence-corrected chi connectivity index (χ0v) is 11.9. The molecule has 2 aliphatic heterocycles. The van der Waals surface area contributed by atoms with Gasteiger partial charge in [-0.3, -0.25) is 0 Å². The van der Waals surface area contributed by atoms with Crippen molar-refractivity contribution in [2.45, 2.75) is 31.7 Å². The zero-order chi connectivity index (χ0) is 13.0. The first-order valence-corrected chi connectivity index (χ1v) is 7.23. The summed E-state index contributed by atoms with van der Waals surface area (Å²) >= 11 is 0. The van der Waals surface area contributed by atoms with Crippen LogP contribution in [0.5, 0.6) is 0 Å². The van der Waals surface area contributed by atoms with Gasteiger partial charge in [-0.1, -0.05) is 0 Å². The van der Waals surface area contributed by atoms with E-state index in [0.717, 1.165) is 39.1 Å². The lowest BCUT2D eigenvalue weighted by Gasteiger charge is -2.43. The van der Waals surface area contributed by atoms with Crippen molar-refractivity contribution in [3.63, 3.8) is 0 Å². The van der Waals surface area contributed by atoms with Crippen LogP contribution in [0.25, 0.3) is 0 Å². The molecule has 2 rings (SSSR count). The fourth-order valence-corrected chi connectivity index (χ4v) is 3.37. The first-order valence-electron chi connectivity index (χ1n) is 7.23. The van der Waals surface area contributed by atoms with Gasteiger partial charge < -0.3 is 19.6 Å². The Hall–Kier alpha value is -0.160. The number of aliphatic hydroxyl groups excluding tert-OH is 1. The van der Waals surface area contributed by atoms with E-state index in [2.05, 4.69) is 23.9 Å². The van der Waals surface area contributed by atoms with Gasteiger partial charge in [0.25, 0.3) is 0 Å². The third-order valence-corrected chi connectivity index (χ3v) is 4.55. The molecule has 1 N–H and O–H groups in total. The normalized spacial score (nSPS) is 35.0. The van der Waals surface area contributed by atoms with E-state index in [9.17, 15) is 5.11 Å². The largest absolute Gasteiger partial charge is 0.396 e. The third-order valence-electron chi connectivity index (χ3n) is 4.55. The molecule has 4 nitrogen and oxygen atoms in total. The van der Waals surface area contributed by atoms with Crippen molar-refractivity contribution in [2.24, 2.45) is 5.41 Å². The summed E-state index contributed by atoms with van der Waals surface area (Å²) in [4.78, 5) is 4.86. The molecule has 0 aromatic heterocycles. The van der Waals surface area contributed by atoms with Crippen LogP contribution in [0.3, 0.4) is 0 Å². The van der Waals surface area contributed by atoms with E-state index in [1.54, 1.807) is 0 Å². The minimum atomic E-state index is -0.0248. The first-order chi connectivity index (χ1) is 8.65. The van der Waals surface area contributed by atoms with Gasteiger partial charge in [0.1, 0.15) is 0 Å². The van der Waals surface area contributed by atoms with E-state index >= 15 is 0 Å². The fourth-order valence-electron chi connectivity index (χ4n) is 3.37. The lowest BCUT2D eigenvalue weighted by atomic mass is 9.82. The minimum Gasteiger partial charge on any atom is -0.396 e. The van der Waals surface area contributed by atoms with Crippen molar-refractivity contribution < 1.29 is 9.84 Å². The van der Waals surface area contributed by atoms with Crippen LogP contribution in [0, 0.1) is 5.41 Å². The second-order valence-corrected chi connectivity index (χ2v) is 6.29. The van der Waals surface area contributed by atoms with Gasteiger partial charge in [-0.25, -0.2) is 0 Å². The Kier molecular flexibility index (Phi) is 5.01. The lowest BCUT2D eigenvalue weighted by molar-refractivity contribution is -0.0601. The van der Waals surface area contributed by atoms with Crippen LogP contribution in [-0.2, 0) is 4.74 Å². The average Bonchev–Trinajstić information content (AvgIpc) is 2.40. The van der Waals surface area contributed by atoms with Crippen LogP contribution < -0.4 is 0 Å². The topological polar surface area (TPSA) is 35.9 Å². The van der Waals surface area contributed by atoms with Crippen molar-refractivity contribution >= 4 is 0 Å². The van der Waals surface area contributed by atoms with Crippen molar-refractivity contribution in [1.82, 2.24) is 9.80 Å². The lowest BCUT2D eigenvalue weighted by Crippen LogP contribution is -2.51. The van der Waals surface area contributed by atoms with E-state index in [0.29, 0.717) is 6.04 Å². The molecule has 2 heterocycles. The van der Waals surface area contributed by atoms with Crippen molar-refractivity contribution in [2.75, 3.05) is 53.6 Å². The van der Waals surface area contributed by atoms with Crippen LogP contribution in [-0.4, -0.2) is 74.5 Å². The Bertz CT molecular complexity index is 254. The number of nitrogens with zero attached hydrogens (tertiary/aromatic N) is 2. The summed E-state index contributed by atoms with van der Waals surface area (Å²) in [7, 11) is 4.40. The third kappa shape index (κ3) is 3.44. The summed E-state index contributed by atoms with van der Waals surface area (Å²) in [6, 6.07) is 0.633. The van der Waals surface area contributed by atoms with E-state index in [-0.39, 0.29) is 12.0 Å². The summed E-state index contributed by atoms with van der Waals surface area (Å²) in [6.07, 6.45) is 4.74. The van der Waals surface area contributed by atoms with Crippen LogP contribution in [0.2, 0.25) is 0 Å². The van der Waals surface area contributed by atoms with Crippen LogP contribution in [0.4, 0.5) is 0 Å². The smallest absolute Gasteiger partial charge is 0.0556 e. The molecule has 2 fully saturated rings. The van der Waals surface area contributed by atoms with Gasteiger partial charge in [0.15, 0.2) is 0 Å². The molecule has 2 saturated heterocycles. The number of likely N-dealkylation sites (N-methyl/N-ethyl adjacent to an activating group) is 2. The average molecular weight is 256 g/mol. The Labute approximate surface area is 111 Å². The van der Waals surface area contributed by atoms with E-state index < -0.39 is 0 Å². The number of hydrogen-bond donors (Lipinski definition) is 1. The molecule has 2 atom stereocenters. The van der Waals surface area contributed by atoms with Crippen LogP contribution >= 0.6 is 0 Å². The monoisotopic (exact) mass is 256 g/mol. The van der Waals surface area contributed by atoms with Gasteiger partial charge in [0, 0.05) is 31.2 Å². The molecule has 106 valence electrons. The highest BCUT2D eigenvalue weighted by atomic mass is 16.5. The molecular formula is C14H28N2O2. The van der Waals surface area contributed by atoms with Gasteiger partial charge >= 0.3 is 0 Å². The molecule has 0 spiro atoms. The quantitative estimate of drug-likeness (QED) is 0.807. The first kappa shape index (κ1) is 14.3. The van der Waals surface area contributed by atoms with Crippen LogP contribution in [0.15, 0.2) is 0 Å². The Balaban J connectivity index is 1.89. The highest BCUT2D eigenvalue weighted by Crippen LogP contribution is 2.30. The van der Waals surface area contributed by atoms with Crippen LogP contribution in [0.1, 0.15) is 25.7 Å². The molecule has 0 bridgehead atoms. The molecule has 0 aliphatic carbocycles.